The van der Waals surface area contributed by atoms with Crippen molar-refractivity contribution in [1.82, 2.24) is 0 Å². The number of hydrogen-bond donors (Lipinski definition) is 0. The minimum absolute atomic E-state index is 0.866. The summed E-state index contributed by atoms with van der Waals surface area (Å²) >= 11 is 0. The largest absolute Gasteiger partial charge is 0.456 e. The van der Waals surface area contributed by atoms with E-state index in [4.69, 9.17) is 8.83 Å². The summed E-state index contributed by atoms with van der Waals surface area (Å²) in [5, 5.41) is 4.43. The summed E-state index contributed by atoms with van der Waals surface area (Å²) in [7, 11) is 0. The maximum absolute atomic E-state index is 6.45. The average Bonchev–Trinajstić information content (AvgIpc) is 3.86. The summed E-state index contributed by atoms with van der Waals surface area (Å²) in [5.74, 6) is 0. The van der Waals surface area contributed by atoms with Crippen LogP contribution in [0.15, 0.2) is 221 Å². The van der Waals surface area contributed by atoms with Gasteiger partial charge in [0.15, 0.2) is 0 Å². The van der Waals surface area contributed by atoms with Crippen LogP contribution in [0.25, 0.3) is 88.4 Å². The van der Waals surface area contributed by atoms with Crippen molar-refractivity contribution in [3.05, 3.63) is 212 Å². The topological polar surface area (TPSA) is 29.5 Å². The van der Waals surface area contributed by atoms with Crippen molar-refractivity contribution in [2.75, 3.05) is 4.90 Å². The van der Waals surface area contributed by atoms with Gasteiger partial charge in [-0.05, 0) is 81.9 Å². The van der Waals surface area contributed by atoms with Crippen LogP contribution in [0.2, 0.25) is 0 Å². The van der Waals surface area contributed by atoms with E-state index in [0.29, 0.717) is 0 Å². The van der Waals surface area contributed by atoms with E-state index in [1.54, 1.807) is 0 Å². The number of anilines is 3. The summed E-state index contributed by atoms with van der Waals surface area (Å²) in [6, 6.07) is 75.2. The molecule has 268 valence electrons. The van der Waals surface area contributed by atoms with E-state index < -0.39 is 0 Å². The highest BCUT2D eigenvalue weighted by Crippen LogP contribution is 2.46. The van der Waals surface area contributed by atoms with Crippen molar-refractivity contribution in [2.24, 2.45) is 0 Å². The van der Waals surface area contributed by atoms with Gasteiger partial charge in [0.05, 0.1) is 5.69 Å². The molecule has 0 N–H and O–H groups in total. The predicted molar refractivity (Wildman–Crippen MR) is 237 cm³/mol. The monoisotopic (exact) mass is 729 g/mol. The lowest BCUT2D eigenvalue weighted by atomic mass is 9.88. The third kappa shape index (κ3) is 5.60. The van der Waals surface area contributed by atoms with Gasteiger partial charge in [-0.15, -0.1) is 0 Å². The van der Waals surface area contributed by atoms with Gasteiger partial charge in [0, 0.05) is 44.0 Å². The van der Waals surface area contributed by atoms with Crippen LogP contribution in [0.1, 0.15) is 0 Å². The molecule has 0 aliphatic heterocycles. The van der Waals surface area contributed by atoms with E-state index in [-0.39, 0.29) is 0 Å². The molecule has 0 saturated carbocycles. The van der Waals surface area contributed by atoms with Crippen molar-refractivity contribution in [2.45, 2.75) is 0 Å². The molecule has 3 heteroatoms. The van der Waals surface area contributed by atoms with Crippen molar-refractivity contribution in [3.8, 4) is 44.5 Å². The van der Waals surface area contributed by atoms with Gasteiger partial charge in [-0.25, -0.2) is 0 Å². The van der Waals surface area contributed by atoms with E-state index in [9.17, 15) is 0 Å². The minimum Gasteiger partial charge on any atom is -0.456 e. The summed E-state index contributed by atoms with van der Waals surface area (Å²) in [4.78, 5) is 2.38. The Morgan fingerprint density at radius 3 is 1.53 bits per heavy atom. The second-order valence-corrected chi connectivity index (χ2v) is 14.4. The smallest absolute Gasteiger partial charge is 0.143 e. The lowest BCUT2D eigenvalue weighted by molar-refractivity contribution is 0.669. The average molecular weight is 730 g/mol. The quantitative estimate of drug-likeness (QED) is 0.164. The molecular weight excluding hydrogens is 695 g/mol. The number of fused-ring (bicyclic) bond motifs is 6. The summed E-state index contributed by atoms with van der Waals surface area (Å²) < 4.78 is 12.8. The standard InChI is InChI=1S/C54H35NO2/c1-2-15-36(16-3-1)40-17-4-5-18-42(40)43-19-6-7-20-44(43)45-21-8-11-26-50(45)55(39-33-34-53-49(35-39)47-23-10-12-27-51(47)56-53)38-31-29-37(30-32-38)41-24-14-25-48-46-22-9-13-28-52(46)57-54(41)48/h1-35H. The van der Waals surface area contributed by atoms with Crippen LogP contribution in [-0.4, -0.2) is 0 Å². The summed E-state index contributed by atoms with van der Waals surface area (Å²) in [5.41, 5.74) is 15.9. The molecule has 0 spiro atoms. The number of para-hydroxylation sites is 4. The van der Waals surface area contributed by atoms with Crippen LogP contribution in [0.3, 0.4) is 0 Å². The second-order valence-electron chi connectivity index (χ2n) is 14.4. The molecule has 0 fully saturated rings. The molecule has 3 nitrogen and oxygen atoms in total. The van der Waals surface area contributed by atoms with Gasteiger partial charge in [-0.1, -0.05) is 164 Å². The first kappa shape index (κ1) is 32.8. The minimum atomic E-state index is 0.866. The van der Waals surface area contributed by atoms with Crippen molar-refractivity contribution >= 4 is 60.9 Å². The highest BCUT2D eigenvalue weighted by molar-refractivity contribution is 6.10. The fraction of sp³-hybridized carbons (Fsp3) is 0. The van der Waals surface area contributed by atoms with Crippen molar-refractivity contribution in [3.63, 3.8) is 0 Å². The zero-order valence-electron chi connectivity index (χ0n) is 31.0. The molecule has 0 aliphatic carbocycles. The molecule has 0 amide bonds. The van der Waals surface area contributed by atoms with E-state index in [0.717, 1.165) is 83.2 Å². The first-order valence-electron chi connectivity index (χ1n) is 19.3. The van der Waals surface area contributed by atoms with E-state index in [2.05, 4.69) is 193 Å². The zero-order valence-corrected chi connectivity index (χ0v) is 31.0. The molecule has 0 saturated heterocycles. The molecule has 2 heterocycles. The zero-order chi connectivity index (χ0) is 37.7. The first-order chi connectivity index (χ1) is 28.3. The number of nitrogens with zero attached hydrogens (tertiary/aromatic N) is 1. The lowest BCUT2D eigenvalue weighted by Gasteiger charge is -2.29. The Morgan fingerprint density at radius 1 is 0.281 bits per heavy atom. The van der Waals surface area contributed by atoms with Crippen LogP contribution in [-0.2, 0) is 0 Å². The van der Waals surface area contributed by atoms with Crippen LogP contribution < -0.4 is 4.90 Å². The molecule has 2 aromatic heterocycles. The van der Waals surface area contributed by atoms with Gasteiger partial charge in [0.2, 0.25) is 0 Å². The molecular formula is C54H35NO2. The van der Waals surface area contributed by atoms with Crippen LogP contribution >= 0.6 is 0 Å². The van der Waals surface area contributed by atoms with E-state index in [1.807, 2.05) is 24.3 Å². The fourth-order valence-corrected chi connectivity index (χ4v) is 8.48. The Morgan fingerprint density at radius 2 is 0.772 bits per heavy atom. The van der Waals surface area contributed by atoms with E-state index in [1.165, 1.54) is 22.3 Å². The predicted octanol–water partition coefficient (Wildman–Crippen LogP) is 15.6. The van der Waals surface area contributed by atoms with Gasteiger partial charge in [0.1, 0.15) is 22.3 Å². The number of hydrogen-bond acceptors (Lipinski definition) is 3. The maximum Gasteiger partial charge on any atom is 0.143 e. The molecule has 0 unspecified atom stereocenters. The third-order valence-corrected chi connectivity index (χ3v) is 11.1. The fourth-order valence-electron chi connectivity index (χ4n) is 8.48. The normalized spacial score (nSPS) is 11.5. The van der Waals surface area contributed by atoms with Crippen molar-refractivity contribution in [1.29, 1.82) is 0 Å². The van der Waals surface area contributed by atoms with Gasteiger partial charge in [-0.3, -0.25) is 0 Å². The first-order valence-corrected chi connectivity index (χ1v) is 19.3. The summed E-state index contributed by atoms with van der Waals surface area (Å²) in [6.07, 6.45) is 0. The maximum atomic E-state index is 6.45. The Bertz CT molecular complexity index is 3240. The highest BCUT2D eigenvalue weighted by Gasteiger charge is 2.22. The molecule has 9 aromatic carbocycles. The number of furan rings is 2. The van der Waals surface area contributed by atoms with Gasteiger partial charge >= 0.3 is 0 Å². The molecule has 0 bridgehead atoms. The Kier molecular flexibility index (Phi) is 7.82. The second kappa shape index (κ2) is 13.6. The highest BCUT2D eigenvalue weighted by atomic mass is 16.3. The number of benzene rings is 9. The summed E-state index contributed by atoms with van der Waals surface area (Å²) in [6.45, 7) is 0. The van der Waals surface area contributed by atoms with Crippen LogP contribution in [0.4, 0.5) is 17.1 Å². The van der Waals surface area contributed by atoms with Gasteiger partial charge < -0.3 is 13.7 Å². The molecule has 0 atom stereocenters. The Balaban J connectivity index is 1.10. The third-order valence-electron chi connectivity index (χ3n) is 11.1. The molecule has 57 heavy (non-hydrogen) atoms. The van der Waals surface area contributed by atoms with Crippen LogP contribution in [0.5, 0.6) is 0 Å². The SMILES string of the molecule is c1ccc(-c2ccccc2-c2ccccc2-c2ccccc2N(c2ccc(-c3cccc4c3oc3ccccc34)cc2)c2ccc3oc4ccccc4c3c2)cc1. The van der Waals surface area contributed by atoms with Gasteiger partial charge in [-0.2, -0.15) is 0 Å². The van der Waals surface area contributed by atoms with Crippen molar-refractivity contribution < 1.29 is 8.83 Å². The molecule has 0 aliphatic rings. The number of rotatable bonds is 7. The molecule has 11 rings (SSSR count). The Hall–Kier alpha value is -7.62. The lowest BCUT2D eigenvalue weighted by Crippen LogP contribution is -2.11. The van der Waals surface area contributed by atoms with Gasteiger partial charge in [0.25, 0.3) is 0 Å². The van der Waals surface area contributed by atoms with E-state index >= 15 is 0 Å². The molecule has 0 radical (unpaired) electrons. The van der Waals surface area contributed by atoms with Crippen LogP contribution in [0, 0.1) is 0 Å². The molecule has 11 aromatic rings. The Labute approximate surface area is 330 Å².